The smallest absolute Gasteiger partial charge is 0.0230 e. The summed E-state index contributed by atoms with van der Waals surface area (Å²) in [5, 5.41) is 0. The van der Waals surface area contributed by atoms with Crippen molar-refractivity contribution in [3.05, 3.63) is 35.9 Å². The number of hydrogen-bond donors (Lipinski definition) is 1. The van der Waals surface area contributed by atoms with Gasteiger partial charge in [-0.3, -0.25) is 0 Å². The van der Waals surface area contributed by atoms with Gasteiger partial charge in [0, 0.05) is 13.1 Å². The van der Waals surface area contributed by atoms with Gasteiger partial charge in [-0.2, -0.15) is 12.6 Å². The quantitative estimate of drug-likeness (QED) is 0.743. The summed E-state index contributed by atoms with van der Waals surface area (Å²) in [5.41, 5.74) is 1.38. The third kappa shape index (κ3) is 4.58. The molecule has 1 unspecified atom stereocenters. The van der Waals surface area contributed by atoms with Gasteiger partial charge in [-0.15, -0.1) is 0 Å². The van der Waals surface area contributed by atoms with E-state index in [-0.39, 0.29) is 0 Å². The number of benzene rings is 1. The SMILES string of the molecule is CC(C)C(CS)CN(C)Cc1ccccc1. The van der Waals surface area contributed by atoms with E-state index < -0.39 is 0 Å². The van der Waals surface area contributed by atoms with Crippen LogP contribution in [0.25, 0.3) is 0 Å². The van der Waals surface area contributed by atoms with Crippen molar-refractivity contribution in [3.63, 3.8) is 0 Å². The van der Waals surface area contributed by atoms with Crippen LogP contribution in [0.1, 0.15) is 19.4 Å². The summed E-state index contributed by atoms with van der Waals surface area (Å²) in [4.78, 5) is 2.39. The zero-order valence-electron chi connectivity index (χ0n) is 10.6. The molecule has 0 fully saturated rings. The number of thiol groups is 1. The summed E-state index contributed by atoms with van der Waals surface area (Å²) in [6, 6.07) is 10.6. The Balaban J connectivity index is 2.44. The molecule has 0 spiro atoms. The Hall–Kier alpha value is -0.470. The normalized spacial score (nSPS) is 13.4. The lowest BCUT2D eigenvalue weighted by atomic mass is 9.97. The molecule has 1 atom stereocenters. The maximum absolute atomic E-state index is 4.43. The van der Waals surface area contributed by atoms with Gasteiger partial charge in [-0.25, -0.2) is 0 Å². The van der Waals surface area contributed by atoms with E-state index in [4.69, 9.17) is 0 Å². The minimum atomic E-state index is 0.678. The molecule has 0 radical (unpaired) electrons. The number of nitrogens with zero attached hydrogens (tertiary/aromatic N) is 1. The van der Waals surface area contributed by atoms with Crippen molar-refractivity contribution in [1.29, 1.82) is 0 Å². The van der Waals surface area contributed by atoms with Gasteiger partial charge < -0.3 is 4.90 Å². The number of rotatable bonds is 6. The van der Waals surface area contributed by atoms with E-state index >= 15 is 0 Å². The van der Waals surface area contributed by atoms with Gasteiger partial charge in [0.15, 0.2) is 0 Å². The first-order chi connectivity index (χ1) is 7.63. The largest absolute Gasteiger partial charge is 0.302 e. The van der Waals surface area contributed by atoms with Gasteiger partial charge in [-0.1, -0.05) is 44.2 Å². The van der Waals surface area contributed by atoms with E-state index in [1.165, 1.54) is 5.56 Å². The van der Waals surface area contributed by atoms with Crippen LogP contribution in [-0.4, -0.2) is 24.2 Å². The van der Waals surface area contributed by atoms with Gasteiger partial charge in [0.1, 0.15) is 0 Å². The van der Waals surface area contributed by atoms with Crippen LogP contribution < -0.4 is 0 Å². The molecule has 1 aromatic rings. The van der Waals surface area contributed by atoms with Crippen molar-refractivity contribution < 1.29 is 0 Å². The lowest BCUT2D eigenvalue weighted by Gasteiger charge is -2.25. The maximum Gasteiger partial charge on any atom is 0.0230 e. The monoisotopic (exact) mass is 237 g/mol. The second kappa shape index (κ2) is 6.97. The minimum Gasteiger partial charge on any atom is -0.302 e. The Labute approximate surface area is 105 Å². The summed E-state index contributed by atoms with van der Waals surface area (Å²) in [6.45, 7) is 6.70. The highest BCUT2D eigenvalue weighted by Crippen LogP contribution is 2.14. The van der Waals surface area contributed by atoms with Crippen molar-refractivity contribution in [2.24, 2.45) is 11.8 Å². The Morgan fingerprint density at radius 1 is 1.19 bits per heavy atom. The molecule has 0 aliphatic rings. The highest BCUT2D eigenvalue weighted by atomic mass is 32.1. The van der Waals surface area contributed by atoms with E-state index in [1.54, 1.807) is 0 Å². The van der Waals surface area contributed by atoms with Crippen LogP contribution >= 0.6 is 12.6 Å². The van der Waals surface area contributed by atoms with Crippen LogP contribution in [0.5, 0.6) is 0 Å². The van der Waals surface area contributed by atoms with Gasteiger partial charge in [0.25, 0.3) is 0 Å². The van der Waals surface area contributed by atoms with E-state index in [9.17, 15) is 0 Å². The molecule has 0 aliphatic carbocycles. The van der Waals surface area contributed by atoms with Crippen LogP contribution in [0.4, 0.5) is 0 Å². The molecule has 1 nitrogen and oxygen atoms in total. The van der Waals surface area contributed by atoms with E-state index in [0.29, 0.717) is 11.8 Å². The molecule has 0 amide bonds. The van der Waals surface area contributed by atoms with Crippen molar-refractivity contribution in [2.75, 3.05) is 19.3 Å². The molecule has 0 aromatic heterocycles. The summed E-state index contributed by atoms with van der Waals surface area (Å²) >= 11 is 4.43. The first kappa shape index (κ1) is 13.6. The average Bonchev–Trinajstić information content (AvgIpc) is 2.27. The van der Waals surface area contributed by atoms with E-state index in [2.05, 4.69) is 68.8 Å². The van der Waals surface area contributed by atoms with Crippen LogP contribution in [0.3, 0.4) is 0 Å². The third-order valence-corrected chi connectivity index (χ3v) is 3.49. The Morgan fingerprint density at radius 3 is 2.31 bits per heavy atom. The van der Waals surface area contributed by atoms with E-state index in [0.717, 1.165) is 18.8 Å². The first-order valence-corrected chi connectivity index (χ1v) is 6.60. The Morgan fingerprint density at radius 2 is 1.81 bits per heavy atom. The molecule has 0 N–H and O–H groups in total. The highest BCUT2D eigenvalue weighted by Gasteiger charge is 2.13. The Bertz CT molecular complexity index is 284. The summed E-state index contributed by atoms with van der Waals surface area (Å²) in [6.07, 6.45) is 0. The molecule has 0 aliphatic heterocycles. The molecule has 0 bridgehead atoms. The topological polar surface area (TPSA) is 3.24 Å². The molecule has 0 heterocycles. The van der Waals surface area contributed by atoms with Gasteiger partial charge in [-0.05, 0) is 30.2 Å². The predicted octanol–water partition coefficient (Wildman–Crippen LogP) is 3.32. The van der Waals surface area contributed by atoms with Crippen molar-refractivity contribution >= 4 is 12.6 Å². The van der Waals surface area contributed by atoms with Gasteiger partial charge in [0.2, 0.25) is 0 Å². The summed E-state index contributed by atoms with van der Waals surface area (Å²) in [5.74, 6) is 2.35. The Kier molecular flexibility index (Phi) is 5.93. The van der Waals surface area contributed by atoms with Crippen LogP contribution in [0, 0.1) is 11.8 Å². The minimum absolute atomic E-state index is 0.678. The second-order valence-corrected chi connectivity index (χ2v) is 5.23. The fourth-order valence-corrected chi connectivity index (χ4v) is 2.38. The predicted molar refractivity (Wildman–Crippen MR) is 75.0 cm³/mol. The molecule has 2 heteroatoms. The molecule has 1 aromatic carbocycles. The summed E-state index contributed by atoms with van der Waals surface area (Å²) < 4.78 is 0. The molecular weight excluding hydrogens is 214 g/mol. The standard InChI is InChI=1S/C14H23NS/c1-12(2)14(11-16)10-15(3)9-13-7-5-4-6-8-13/h4-8,12,14,16H,9-11H2,1-3H3. The zero-order chi connectivity index (χ0) is 12.0. The molecule has 0 saturated heterocycles. The average molecular weight is 237 g/mol. The fraction of sp³-hybridized carbons (Fsp3) is 0.571. The third-order valence-electron chi connectivity index (χ3n) is 3.02. The molecule has 0 saturated carbocycles. The van der Waals surface area contributed by atoms with Crippen molar-refractivity contribution in [3.8, 4) is 0 Å². The lowest BCUT2D eigenvalue weighted by molar-refractivity contribution is 0.246. The van der Waals surface area contributed by atoms with Crippen molar-refractivity contribution in [2.45, 2.75) is 20.4 Å². The van der Waals surface area contributed by atoms with Crippen molar-refractivity contribution in [1.82, 2.24) is 4.90 Å². The maximum atomic E-state index is 4.43. The molecule has 16 heavy (non-hydrogen) atoms. The highest BCUT2D eigenvalue weighted by molar-refractivity contribution is 7.80. The second-order valence-electron chi connectivity index (χ2n) is 4.87. The van der Waals surface area contributed by atoms with Gasteiger partial charge >= 0.3 is 0 Å². The zero-order valence-corrected chi connectivity index (χ0v) is 11.5. The first-order valence-electron chi connectivity index (χ1n) is 5.96. The lowest BCUT2D eigenvalue weighted by Crippen LogP contribution is -2.29. The fourth-order valence-electron chi connectivity index (χ4n) is 1.84. The molecule has 90 valence electrons. The number of hydrogen-bond acceptors (Lipinski definition) is 2. The summed E-state index contributed by atoms with van der Waals surface area (Å²) in [7, 11) is 2.19. The van der Waals surface area contributed by atoms with Gasteiger partial charge in [0.05, 0.1) is 0 Å². The molecular formula is C14H23NS. The van der Waals surface area contributed by atoms with E-state index in [1.807, 2.05) is 0 Å². The van der Waals surface area contributed by atoms with Crippen LogP contribution in [-0.2, 0) is 6.54 Å². The van der Waals surface area contributed by atoms with Crippen LogP contribution in [0.2, 0.25) is 0 Å². The van der Waals surface area contributed by atoms with Crippen LogP contribution in [0.15, 0.2) is 30.3 Å². The molecule has 1 rings (SSSR count).